The van der Waals surface area contributed by atoms with E-state index in [1.165, 1.54) is 13.3 Å². The Morgan fingerprint density at radius 2 is 1.63 bits per heavy atom. The Morgan fingerprint density at radius 3 is 2.19 bits per heavy atom. The largest absolute Gasteiger partial charge is 0.444 e. The molecule has 0 atom stereocenters. The van der Waals surface area contributed by atoms with E-state index in [-0.39, 0.29) is 12.0 Å². The highest BCUT2D eigenvalue weighted by Crippen LogP contribution is 2.15. The van der Waals surface area contributed by atoms with E-state index in [1.807, 2.05) is 39.0 Å². The maximum absolute atomic E-state index is 12.8. The van der Waals surface area contributed by atoms with Crippen LogP contribution in [-0.2, 0) is 9.57 Å². The number of hydrogen-bond donors (Lipinski definition) is 1. The van der Waals surface area contributed by atoms with E-state index in [9.17, 15) is 9.59 Å². The number of aliphatic hydroxyl groups is 1. The summed E-state index contributed by atoms with van der Waals surface area (Å²) in [5.74, 6) is -0.0815. The fraction of sp³-hybridized carbons (Fsp3) is 0.526. The van der Waals surface area contributed by atoms with Gasteiger partial charge in [0.25, 0.3) is 5.91 Å². The van der Waals surface area contributed by atoms with Gasteiger partial charge in [0.05, 0.1) is 6.21 Å². The number of piperazine rings is 1. The number of oxime groups is 1. The van der Waals surface area contributed by atoms with Crippen LogP contribution in [0, 0.1) is 0 Å². The third-order valence-electron chi connectivity index (χ3n) is 3.71. The van der Waals surface area contributed by atoms with Crippen molar-refractivity contribution in [2.24, 2.45) is 5.16 Å². The van der Waals surface area contributed by atoms with Gasteiger partial charge in [-0.2, -0.15) is 0 Å². The first-order chi connectivity index (χ1) is 12.8. The van der Waals surface area contributed by atoms with E-state index in [0.29, 0.717) is 37.3 Å². The maximum Gasteiger partial charge on any atom is 0.410 e. The zero-order valence-electron chi connectivity index (χ0n) is 16.6. The van der Waals surface area contributed by atoms with Gasteiger partial charge in [0, 0.05) is 44.4 Å². The number of carbonyl (C=O) groups excluding carboxylic acids is 2. The van der Waals surface area contributed by atoms with Crippen LogP contribution in [0.4, 0.5) is 4.79 Å². The second kappa shape index (κ2) is 10.5. The molecule has 1 aromatic rings. The molecule has 1 fully saturated rings. The van der Waals surface area contributed by atoms with Crippen molar-refractivity contribution in [2.45, 2.75) is 26.4 Å². The summed E-state index contributed by atoms with van der Waals surface area (Å²) < 4.78 is 5.37. The molecule has 8 heteroatoms. The average molecular weight is 379 g/mol. The number of amides is 2. The number of aliphatic hydroxyl groups excluding tert-OH is 1. The molecular formula is C19H29N3O5. The van der Waals surface area contributed by atoms with Gasteiger partial charge < -0.3 is 24.5 Å². The monoisotopic (exact) mass is 379 g/mol. The molecule has 0 aromatic heterocycles. The Labute approximate surface area is 160 Å². The summed E-state index contributed by atoms with van der Waals surface area (Å²) in [6.07, 6.45) is 1.18. The van der Waals surface area contributed by atoms with Gasteiger partial charge in [0.15, 0.2) is 0 Å². The molecule has 150 valence electrons. The first kappa shape index (κ1) is 22.4. The number of carbonyl (C=O) groups is 2. The van der Waals surface area contributed by atoms with E-state index in [1.54, 1.807) is 15.9 Å². The summed E-state index contributed by atoms with van der Waals surface area (Å²) in [6, 6.07) is 7.23. The number of hydrogen-bond acceptors (Lipinski definition) is 6. The van der Waals surface area contributed by atoms with Crippen LogP contribution in [0.1, 0.15) is 36.7 Å². The predicted molar refractivity (Wildman–Crippen MR) is 103 cm³/mol. The third-order valence-corrected chi connectivity index (χ3v) is 3.71. The van der Waals surface area contributed by atoms with E-state index in [4.69, 9.17) is 14.7 Å². The third kappa shape index (κ3) is 6.90. The van der Waals surface area contributed by atoms with Crippen LogP contribution in [0.15, 0.2) is 29.4 Å². The molecule has 1 N–H and O–H groups in total. The van der Waals surface area contributed by atoms with Gasteiger partial charge in [0.1, 0.15) is 12.7 Å². The Kier molecular flexibility index (Phi) is 8.74. The van der Waals surface area contributed by atoms with Gasteiger partial charge in [-0.05, 0) is 26.8 Å². The highest BCUT2D eigenvalue weighted by atomic mass is 16.6. The molecule has 1 saturated heterocycles. The van der Waals surface area contributed by atoms with E-state index in [0.717, 1.165) is 7.11 Å². The van der Waals surface area contributed by atoms with E-state index < -0.39 is 5.60 Å². The molecule has 0 saturated carbocycles. The Balaban J connectivity index is 0.00000176. The van der Waals surface area contributed by atoms with E-state index in [2.05, 4.69) is 5.16 Å². The first-order valence-electron chi connectivity index (χ1n) is 8.69. The average Bonchev–Trinajstić information content (AvgIpc) is 2.66. The first-order valence-corrected chi connectivity index (χ1v) is 8.69. The number of nitrogens with zero attached hydrogens (tertiary/aromatic N) is 3. The Bertz CT molecular complexity index is 647. The maximum atomic E-state index is 12.8. The summed E-state index contributed by atoms with van der Waals surface area (Å²) in [4.78, 5) is 32.9. The van der Waals surface area contributed by atoms with Gasteiger partial charge >= 0.3 is 6.09 Å². The van der Waals surface area contributed by atoms with Crippen LogP contribution < -0.4 is 0 Å². The van der Waals surface area contributed by atoms with Crippen molar-refractivity contribution in [3.8, 4) is 0 Å². The van der Waals surface area contributed by atoms with E-state index >= 15 is 0 Å². The molecule has 0 unspecified atom stereocenters. The Hall–Kier alpha value is -2.61. The van der Waals surface area contributed by atoms with Gasteiger partial charge in [-0.3, -0.25) is 4.79 Å². The fourth-order valence-corrected chi connectivity index (χ4v) is 2.50. The molecule has 1 aromatic carbocycles. The summed E-state index contributed by atoms with van der Waals surface area (Å²) >= 11 is 0. The van der Waals surface area contributed by atoms with Crippen LogP contribution in [0.3, 0.4) is 0 Å². The smallest absolute Gasteiger partial charge is 0.410 e. The summed E-state index contributed by atoms with van der Waals surface area (Å²) in [7, 11) is 2.46. The lowest BCUT2D eigenvalue weighted by Crippen LogP contribution is -2.51. The van der Waals surface area contributed by atoms with Crippen LogP contribution in [0.25, 0.3) is 0 Å². The number of benzene rings is 1. The van der Waals surface area contributed by atoms with Crippen molar-refractivity contribution in [3.63, 3.8) is 0 Å². The van der Waals surface area contributed by atoms with Crippen molar-refractivity contribution in [2.75, 3.05) is 40.4 Å². The minimum Gasteiger partial charge on any atom is -0.444 e. The molecule has 1 heterocycles. The van der Waals surface area contributed by atoms with Crippen LogP contribution >= 0.6 is 0 Å². The van der Waals surface area contributed by atoms with Crippen molar-refractivity contribution < 1.29 is 24.3 Å². The molecule has 1 aliphatic heterocycles. The molecule has 2 rings (SSSR count). The fourth-order valence-electron chi connectivity index (χ4n) is 2.50. The minimum absolute atomic E-state index is 0.0815. The molecule has 0 radical (unpaired) electrons. The van der Waals surface area contributed by atoms with Crippen molar-refractivity contribution in [1.82, 2.24) is 9.80 Å². The molecule has 0 aliphatic carbocycles. The molecule has 8 nitrogen and oxygen atoms in total. The van der Waals surface area contributed by atoms with Crippen molar-refractivity contribution in [3.05, 3.63) is 35.4 Å². The van der Waals surface area contributed by atoms with Crippen LogP contribution in [0.2, 0.25) is 0 Å². The van der Waals surface area contributed by atoms with Gasteiger partial charge in [-0.25, -0.2) is 4.79 Å². The minimum atomic E-state index is -0.524. The summed E-state index contributed by atoms with van der Waals surface area (Å²) in [5.41, 5.74) is 0.738. The van der Waals surface area contributed by atoms with Crippen LogP contribution in [0.5, 0.6) is 0 Å². The second-order valence-corrected chi connectivity index (χ2v) is 6.76. The quantitative estimate of drug-likeness (QED) is 0.640. The molecular weight excluding hydrogens is 350 g/mol. The number of ether oxygens (including phenoxy) is 1. The Morgan fingerprint density at radius 1 is 1.07 bits per heavy atom. The zero-order valence-corrected chi connectivity index (χ0v) is 16.6. The van der Waals surface area contributed by atoms with Crippen LogP contribution in [-0.4, -0.2) is 79.1 Å². The second-order valence-electron chi connectivity index (χ2n) is 6.76. The highest BCUT2D eigenvalue weighted by molar-refractivity contribution is 6.02. The van der Waals surface area contributed by atoms with Crippen molar-refractivity contribution in [1.29, 1.82) is 0 Å². The van der Waals surface area contributed by atoms with Crippen molar-refractivity contribution >= 4 is 18.2 Å². The molecule has 0 bridgehead atoms. The van der Waals surface area contributed by atoms with Gasteiger partial charge in [-0.15, -0.1) is 0 Å². The topological polar surface area (TPSA) is 91.7 Å². The van der Waals surface area contributed by atoms with Gasteiger partial charge in [0.2, 0.25) is 0 Å². The molecule has 27 heavy (non-hydrogen) atoms. The summed E-state index contributed by atoms with van der Waals surface area (Å²) in [5, 5.41) is 10.7. The SMILES string of the molecule is CO.CO/N=C/c1ccccc1C(=O)N1CCN(C(=O)OC(C)(C)C)CC1. The standard InChI is InChI=1S/C18H25N3O4.CH4O/c1-18(2,3)25-17(23)21-11-9-20(10-12-21)16(22)15-8-6-5-7-14(15)13-19-24-4;1-2/h5-8,13H,9-12H2,1-4H3;2H,1H3/b19-13+;. The molecule has 0 spiro atoms. The van der Waals surface area contributed by atoms with Gasteiger partial charge in [-0.1, -0.05) is 23.4 Å². The predicted octanol–water partition coefficient (Wildman–Crippen LogP) is 1.97. The highest BCUT2D eigenvalue weighted by Gasteiger charge is 2.28. The molecule has 1 aliphatic rings. The normalized spacial score (nSPS) is 14.4. The zero-order chi connectivity index (χ0) is 20.4. The summed E-state index contributed by atoms with van der Waals surface area (Å²) in [6.45, 7) is 7.35. The lowest BCUT2D eigenvalue weighted by atomic mass is 10.1. The lowest BCUT2D eigenvalue weighted by Gasteiger charge is -2.35. The number of rotatable bonds is 3. The molecule has 2 amide bonds. The lowest BCUT2D eigenvalue weighted by molar-refractivity contribution is 0.0141.